The highest BCUT2D eigenvalue weighted by molar-refractivity contribution is 5.95. The van der Waals surface area contributed by atoms with Crippen molar-refractivity contribution >= 4 is 5.84 Å². The number of nitrogens with one attached hydrogen (secondary N) is 1. The minimum atomic E-state index is -0.0331. The first kappa shape index (κ1) is 11.9. The van der Waals surface area contributed by atoms with Crippen molar-refractivity contribution in [3.63, 3.8) is 0 Å². The lowest BCUT2D eigenvalue weighted by Gasteiger charge is -2.18. The lowest BCUT2D eigenvalue weighted by molar-refractivity contribution is 0.182. The minimum absolute atomic E-state index is 0.0331. The van der Waals surface area contributed by atoms with Gasteiger partial charge in [0.2, 0.25) is 0 Å². The third kappa shape index (κ3) is 3.19. The maximum atomic E-state index is 7.47. The maximum Gasteiger partial charge on any atom is 0.149 e. The Hall–Kier alpha value is -1.58. The third-order valence-corrected chi connectivity index (χ3v) is 3.12. The van der Waals surface area contributed by atoms with Crippen molar-refractivity contribution in [1.29, 1.82) is 5.41 Å². The van der Waals surface area contributed by atoms with Gasteiger partial charge in [-0.25, -0.2) is 4.98 Å². The van der Waals surface area contributed by atoms with Gasteiger partial charge in [0.15, 0.2) is 0 Å². The SMILES string of the molecule is N=C(N)c1ncccc1OC1CCCCCC1. The van der Waals surface area contributed by atoms with E-state index in [1.54, 1.807) is 6.20 Å². The Morgan fingerprint density at radius 2 is 2.00 bits per heavy atom. The van der Waals surface area contributed by atoms with E-state index in [0.29, 0.717) is 11.4 Å². The summed E-state index contributed by atoms with van der Waals surface area (Å²) >= 11 is 0. The van der Waals surface area contributed by atoms with Crippen molar-refractivity contribution < 1.29 is 4.74 Å². The van der Waals surface area contributed by atoms with E-state index in [9.17, 15) is 0 Å². The monoisotopic (exact) mass is 233 g/mol. The summed E-state index contributed by atoms with van der Waals surface area (Å²) in [5.41, 5.74) is 5.95. The summed E-state index contributed by atoms with van der Waals surface area (Å²) in [6.07, 6.45) is 9.11. The molecule has 1 fully saturated rings. The van der Waals surface area contributed by atoms with Crippen LogP contribution in [0.15, 0.2) is 18.3 Å². The van der Waals surface area contributed by atoms with Crippen molar-refractivity contribution in [1.82, 2.24) is 4.98 Å². The molecule has 0 saturated heterocycles. The van der Waals surface area contributed by atoms with Gasteiger partial charge in [0, 0.05) is 6.20 Å². The van der Waals surface area contributed by atoms with Gasteiger partial charge in [-0.05, 0) is 37.8 Å². The van der Waals surface area contributed by atoms with Gasteiger partial charge >= 0.3 is 0 Å². The Bertz CT molecular complexity index is 384. The van der Waals surface area contributed by atoms with Gasteiger partial charge in [-0.3, -0.25) is 5.41 Å². The van der Waals surface area contributed by atoms with Gasteiger partial charge in [0.25, 0.3) is 0 Å². The second-order valence-electron chi connectivity index (χ2n) is 4.50. The Morgan fingerprint density at radius 3 is 2.65 bits per heavy atom. The molecule has 0 bridgehead atoms. The molecule has 1 aliphatic carbocycles. The number of nitrogens with two attached hydrogens (primary N) is 1. The van der Waals surface area contributed by atoms with Gasteiger partial charge in [-0.15, -0.1) is 0 Å². The van der Waals surface area contributed by atoms with Gasteiger partial charge in [0.1, 0.15) is 17.3 Å². The lowest BCUT2D eigenvalue weighted by atomic mass is 10.1. The average molecular weight is 233 g/mol. The van der Waals surface area contributed by atoms with Gasteiger partial charge in [-0.1, -0.05) is 12.8 Å². The van der Waals surface area contributed by atoms with Crippen molar-refractivity contribution in [2.24, 2.45) is 5.73 Å². The first-order valence-corrected chi connectivity index (χ1v) is 6.23. The fourth-order valence-electron chi connectivity index (χ4n) is 2.23. The van der Waals surface area contributed by atoms with Gasteiger partial charge in [-0.2, -0.15) is 0 Å². The topological polar surface area (TPSA) is 72.0 Å². The first-order valence-electron chi connectivity index (χ1n) is 6.23. The molecule has 0 aliphatic heterocycles. The standard InChI is InChI=1S/C13H19N3O/c14-13(15)12-11(8-5-9-16-12)17-10-6-3-1-2-4-7-10/h5,8-10H,1-4,6-7H2,(H3,14,15). The Morgan fingerprint density at radius 1 is 1.29 bits per heavy atom. The fourth-order valence-corrected chi connectivity index (χ4v) is 2.23. The highest BCUT2D eigenvalue weighted by Crippen LogP contribution is 2.24. The highest BCUT2D eigenvalue weighted by Gasteiger charge is 2.16. The number of amidine groups is 1. The molecule has 0 spiro atoms. The van der Waals surface area contributed by atoms with Crippen LogP contribution in [0.25, 0.3) is 0 Å². The van der Waals surface area contributed by atoms with Crippen LogP contribution in [0.1, 0.15) is 44.2 Å². The first-order chi connectivity index (χ1) is 8.27. The number of nitrogens with zero attached hydrogens (tertiary/aromatic N) is 1. The van der Waals surface area contributed by atoms with Gasteiger partial charge < -0.3 is 10.5 Å². The molecule has 1 aromatic rings. The molecule has 1 saturated carbocycles. The molecular formula is C13H19N3O. The number of pyridine rings is 1. The molecule has 0 atom stereocenters. The average Bonchev–Trinajstić information content (AvgIpc) is 2.58. The van der Waals surface area contributed by atoms with Crippen LogP contribution in [0, 0.1) is 5.41 Å². The summed E-state index contributed by atoms with van der Waals surface area (Å²) in [4.78, 5) is 4.09. The molecule has 4 nitrogen and oxygen atoms in total. The second kappa shape index (κ2) is 5.66. The van der Waals surface area contributed by atoms with Crippen LogP contribution < -0.4 is 10.5 Å². The normalized spacial score (nSPS) is 17.4. The molecule has 17 heavy (non-hydrogen) atoms. The molecular weight excluding hydrogens is 214 g/mol. The van der Waals surface area contributed by atoms with E-state index in [1.165, 1.54) is 25.7 Å². The molecule has 0 amide bonds. The van der Waals surface area contributed by atoms with E-state index < -0.39 is 0 Å². The quantitative estimate of drug-likeness (QED) is 0.478. The largest absolute Gasteiger partial charge is 0.488 e. The number of aromatic nitrogens is 1. The summed E-state index contributed by atoms with van der Waals surface area (Å²) in [6.45, 7) is 0. The lowest BCUT2D eigenvalue weighted by Crippen LogP contribution is -2.20. The van der Waals surface area contributed by atoms with E-state index in [-0.39, 0.29) is 11.9 Å². The predicted octanol–water partition coefficient (Wildman–Crippen LogP) is 2.47. The summed E-state index contributed by atoms with van der Waals surface area (Å²) in [7, 11) is 0. The van der Waals surface area contributed by atoms with Gasteiger partial charge in [0.05, 0.1) is 6.10 Å². The van der Waals surface area contributed by atoms with Crippen LogP contribution in [0.3, 0.4) is 0 Å². The highest BCUT2D eigenvalue weighted by atomic mass is 16.5. The van der Waals surface area contributed by atoms with Crippen LogP contribution in [0.4, 0.5) is 0 Å². The van der Waals surface area contributed by atoms with Crippen LogP contribution in [0.5, 0.6) is 5.75 Å². The van der Waals surface area contributed by atoms with Crippen LogP contribution in [-0.4, -0.2) is 16.9 Å². The molecule has 3 N–H and O–H groups in total. The van der Waals surface area contributed by atoms with E-state index in [2.05, 4.69) is 4.98 Å². The van der Waals surface area contributed by atoms with E-state index >= 15 is 0 Å². The van der Waals surface area contributed by atoms with Crippen molar-refractivity contribution in [3.8, 4) is 5.75 Å². The van der Waals surface area contributed by atoms with Crippen molar-refractivity contribution in [2.45, 2.75) is 44.6 Å². The predicted molar refractivity (Wildman–Crippen MR) is 67.4 cm³/mol. The molecule has 92 valence electrons. The van der Waals surface area contributed by atoms with Crippen LogP contribution >= 0.6 is 0 Å². The minimum Gasteiger partial charge on any atom is -0.488 e. The molecule has 4 heteroatoms. The Balaban J connectivity index is 2.09. The number of rotatable bonds is 3. The Kier molecular flexibility index (Phi) is 3.96. The van der Waals surface area contributed by atoms with Crippen molar-refractivity contribution in [2.75, 3.05) is 0 Å². The zero-order valence-corrected chi connectivity index (χ0v) is 9.98. The molecule has 0 radical (unpaired) electrons. The zero-order valence-electron chi connectivity index (χ0n) is 9.98. The number of hydrogen-bond donors (Lipinski definition) is 2. The summed E-state index contributed by atoms with van der Waals surface area (Å²) in [5, 5.41) is 7.47. The van der Waals surface area contributed by atoms with E-state index in [0.717, 1.165) is 12.8 Å². The smallest absolute Gasteiger partial charge is 0.149 e. The summed E-state index contributed by atoms with van der Waals surface area (Å²) in [5.74, 6) is 0.612. The molecule has 1 aromatic heterocycles. The van der Waals surface area contributed by atoms with Crippen molar-refractivity contribution in [3.05, 3.63) is 24.0 Å². The fraction of sp³-hybridized carbons (Fsp3) is 0.538. The molecule has 0 unspecified atom stereocenters. The molecule has 1 aliphatic rings. The third-order valence-electron chi connectivity index (χ3n) is 3.12. The van der Waals surface area contributed by atoms with Crippen LogP contribution in [0.2, 0.25) is 0 Å². The molecule has 0 aromatic carbocycles. The summed E-state index contributed by atoms with van der Waals surface area (Å²) in [6, 6.07) is 3.66. The summed E-state index contributed by atoms with van der Waals surface area (Å²) < 4.78 is 5.94. The maximum absolute atomic E-state index is 7.47. The molecule has 2 rings (SSSR count). The van der Waals surface area contributed by atoms with E-state index in [1.807, 2.05) is 12.1 Å². The number of nitrogen functional groups attached to an aromatic ring is 1. The number of hydrogen-bond acceptors (Lipinski definition) is 3. The van der Waals surface area contributed by atoms with E-state index in [4.69, 9.17) is 15.9 Å². The Labute approximate surface area is 102 Å². The number of ether oxygens (including phenoxy) is 1. The molecule has 1 heterocycles. The second-order valence-corrected chi connectivity index (χ2v) is 4.50. The van der Waals surface area contributed by atoms with Crippen LogP contribution in [-0.2, 0) is 0 Å². The zero-order chi connectivity index (χ0) is 12.1.